The zero-order valence-electron chi connectivity index (χ0n) is 11.9. The van der Waals surface area contributed by atoms with Gasteiger partial charge in [0, 0.05) is 7.05 Å². The van der Waals surface area contributed by atoms with Crippen LogP contribution in [-0.2, 0) is 7.05 Å². The van der Waals surface area contributed by atoms with Crippen molar-refractivity contribution in [2.24, 2.45) is 13.0 Å². The van der Waals surface area contributed by atoms with E-state index in [1.54, 1.807) is 10.9 Å². The average molecular weight is 263 g/mol. The number of aryl methyl sites for hydroxylation is 2. The molecule has 0 radical (unpaired) electrons. The van der Waals surface area contributed by atoms with Crippen LogP contribution < -0.4 is 5.32 Å². The summed E-state index contributed by atoms with van der Waals surface area (Å²) in [7, 11) is 1.86. The molecule has 2 heterocycles. The Labute approximate surface area is 112 Å². The van der Waals surface area contributed by atoms with E-state index in [4.69, 9.17) is 0 Å². The molecule has 0 spiro atoms. The largest absolute Gasteiger partial charge is 0.394 e. The predicted molar refractivity (Wildman–Crippen MR) is 75.0 cm³/mol. The Balaban J connectivity index is 2.33. The lowest BCUT2D eigenvalue weighted by Gasteiger charge is -2.19. The summed E-state index contributed by atoms with van der Waals surface area (Å²) in [6, 6.07) is -0.00212. The van der Waals surface area contributed by atoms with Gasteiger partial charge in [0.2, 0.25) is 0 Å². The summed E-state index contributed by atoms with van der Waals surface area (Å²) in [6.07, 6.45) is 2.64. The summed E-state index contributed by atoms with van der Waals surface area (Å²) in [4.78, 5) is 8.80. The average Bonchev–Trinajstić information content (AvgIpc) is 2.70. The van der Waals surface area contributed by atoms with E-state index in [-0.39, 0.29) is 12.6 Å². The van der Waals surface area contributed by atoms with Crippen LogP contribution in [0.25, 0.3) is 11.0 Å². The molecule has 0 bridgehead atoms. The molecule has 2 aromatic rings. The van der Waals surface area contributed by atoms with E-state index < -0.39 is 0 Å². The van der Waals surface area contributed by atoms with Gasteiger partial charge in [-0.2, -0.15) is 5.10 Å². The van der Waals surface area contributed by atoms with Gasteiger partial charge in [0.05, 0.1) is 24.2 Å². The van der Waals surface area contributed by atoms with Gasteiger partial charge in [0.25, 0.3) is 0 Å². The third kappa shape index (κ3) is 3.01. The Kier molecular flexibility index (Phi) is 3.99. The van der Waals surface area contributed by atoms with Crippen LogP contribution in [0.1, 0.15) is 26.1 Å². The van der Waals surface area contributed by atoms with Gasteiger partial charge >= 0.3 is 0 Å². The minimum Gasteiger partial charge on any atom is -0.394 e. The number of aliphatic hydroxyl groups excluding tert-OH is 1. The third-order valence-corrected chi connectivity index (χ3v) is 3.02. The molecule has 2 aromatic heterocycles. The number of anilines is 1. The number of nitrogens with one attached hydrogen (secondary N) is 1. The first kappa shape index (κ1) is 13.7. The van der Waals surface area contributed by atoms with Crippen LogP contribution in [0.15, 0.2) is 6.20 Å². The van der Waals surface area contributed by atoms with Gasteiger partial charge in [0.15, 0.2) is 5.65 Å². The van der Waals surface area contributed by atoms with Gasteiger partial charge in [-0.3, -0.25) is 4.68 Å². The molecular weight excluding hydrogens is 242 g/mol. The van der Waals surface area contributed by atoms with Crippen LogP contribution in [0, 0.1) is 12.8 Å². The van der Waals surface area contributed by atoms with Crippen molar-refractivity contribution in [2.45, 2.75) is 33.2 Å². The molecule has 0 aliphatic rings. The lowest BCUT2D eigenvalue weighted by atomic mass is 10.0. The number of nitrogens with zero attached hydrogens (tertiary/aromatic N) is 4. The van der Waals surface area contributed by atoms with Crippen molar-refractivity contribution in [1.82, 2.24) is 19.7 Å². The fourth-order valence-electron chi connectivity index (χ4n) is 2.18. The van der Waals surface area contributed by atoms with Gasteiger partial charge in [-0.05, 0) is 19.3 Å². The van der Waals surface area contributed by atoms with Crippen molar-refractivity contribution in [3.63, 3.8) is 0 Å². The van der Waals surface area contributed by atoms with Crippen molar-refractivity contribution in [1.29, 1.82) is 0 Å². The summed E-state index contributed by atoms with van der Waals surface area (Å²) < 4.78 is 1.73. The number of fused-ring (bicyclic) bond motifs is 1. The van der Waals surface area contributed by atoms with Gasteiger partial charge in [-0.25, -0.2) is 9.97 Å². The molecule has 0 saturated heterocycles. The van der Waals surface area contributed by atoms with Crippen LogP contribution in [0.5, 0.6) is 0 Å². The maximum Gasteiger partial charge on any atom is 0.163 e. The van der Waals surface area contributed by atoms with E-state index in [0.717, 1.165) is 23.3 Å². The zero-order chi connectivity index (χ0) is 14.0. The van der Waals surface area contributed by atoms with Crippen LogP contribution in [0.2, 0.25) is 0 Å². The van der Waals surface area contributed by atoms with Crippen LogP contribution in [0.4, 0.5) is 5.82 Å². The van der Waals surface area contributed by atoms with E-state index in [1.807, 2.05) is 14.0 Å². The molecule has 19 heavy (non-hydrogen) atoms. The van der Waals surface area contributed by atoms with E-state index in [2.05, 4.69) is 34.2 Å². The number of aromatic nitrogens is 4. The highest BCUT2D eigenvalue weighted by atomic mass is 16.3. The highest BCUT2D eigenvalue weighted by Crippen LogP contribution is 2.21. The first-order chi connectivity index (χ1) is 9.01. The molecule has 6 heteroatoms. The van der Waals surface area contributed by atoms with Crippen molar-refractivity contribution >= 4 is 16.9 Å². The van der Waals surface area contributed by atoms with Crippen LogP contribution in [0.3, 0.4) is 0 Å². The highest BCUT2D eigenvalue weighted by Gasteiger charge is 2.15. The maximum atomic E-state index is 9.46. The molecule has 1 atom stereocenters. The van der Waals surface area contributed by atoms with E-state index in [9.17, 15) is 5.11 Å². The lowest BCUT2D eigenvalue weighted by Crippen LogP contribution is -2.26. The monoisotopic (exact) mass is 263 g/mol. The Morgan fingerprint density at radius 3 is 2.74 bits per heavy atom. The molecule has 0 amide bonds. The quantitative estimate of drug-likeness (QED) is 0.854. The topological polar surface area (TPSA) is 75.9 Å². The Hall–Kier alpha value is -1.69. The number of hydrogen-bond donors (Lipinski definition) is 2. The first-order valence-electron chi connectivity index (χ1n) is 6.55. The smallest absolute Gasteiger partial charge is 0.163 e. The van der Waals surface area contributed by atoms with Crippen molar-refractivity contribution in [3.05, 3.63) is 12.0 Å². The van der Waals surface area contributed by atoms with Gasteiger partial charge in [-0.1, -0.05) is 13.8 Å². The third-order valence-electron chi connectivity index (χ3n) is 3.02. The van der Waals surface area contributed by atoms with E-state index >= 15 is 0 Å². The second-order valence-corrected chi connectivity index (χ2v) is 5.28. The molecule has 2 rings (SSSR count). The molecule has 0 aliphatic heterocycles. The number of hydrogen-bond acceptors (Lipinski definition) is 5. The highest BCUT2D eigenvalue weighted by molar-refractivity contribution is 5.86. The molecule has 0 aliphatic carbocycles. The van der Waals surface area contributed by atoms with Gasteiger partial charge in [-0.15, -0.1) is 0 Å². The van der Waals surface area contributed by atoms with Crippen molar-refractivity contribution in [3.8, 4) is 0 Å². The molecule has 104 valence electrons. The van der Waals surface area contributed by atoms with E-state index in [0.29, 0.717) is 11.7 Å². The summed E-state index contributed by atoms with van der Waals surface area (Å²) in [5.41, 5.74) is 0.802. The zero-order valence-corrected chi connectivity index (χ0v) is 11.9. The van der Waals surface area contributed by atoms with Crippen molar-refractivity contribution < 1.29 is 5.11 Å². The fourth-order valence-corrected chi connectivity index (χ4v) is 2.18. The molecule has 0 fully saturated rings. The number of aliphatic hydroxyl groups is 1. The lowest BCUT2D eigenvalue weighted by molar-refractivity contribution is 0.259. The molecule has 2 N–H and O–H groups in total. The second kappa shape index (κ2) is 5.52. The fraction of sp³-hybridized carbons (Fsp3) is 0.615. The normalized spacial score (nSPS) is 13.2. The SMILES string of the molecule is Cc1nc(N[C@H](CO)CC(C)C)c2cnn(C)c2n1. The van der Waals surface area contributed by atoms with Crippen LogP contribution >= 0.6 is 0 Å². The number of rotatable bonds is 5. The minimum atomic E-state index is -0.00212. The molecule has 0 saturated carbocycles. The molecule has 0 unspecified atom stereocenters. The Morgan fingerprint density at radius 2 is 2.11 bits per heavy atom. The summed E-state index contributed by atoms with van der Waals surface area (Å²) >= 11 is 0. The van der Waals surface area contributed by atoms with Gasteiger partial charge in [0.1, 0.15) is 11.6 Å². The second-order valence-electron chi connectivity index (χ2n) is 5.28. The molecular formula is C13H21N5O. The van der Waals surface area contributed by atoms with E-state index in [1.165, 1.54) is 0 Å². The summed E-state index contributed by atoms with van der Waals surface area (Å²) in [5, 5.41) is 17.8. The Bertz CT molecular complexity index is 563. The predicted octanol–water partition coefficient (Wildman–Crippen LogP) is 1.49. The maximum absolute atomic E-state index is 9.46. The molecule has 0 aromatic carbocycles. The summed E-state index contributed by atoms with van der Waals surface area (Å²) in [5.74, 6) is 1.95. The molecule has 6 nitrogen and oxygen atoms in total. The van der Waals surface area contributed by atoms with Gasteiger partial charge < -0.3 is 10.4 Å². The standard InChI is InChI=1S/C13H21N5O/c1-8(2)5-10(7-19)17-12-11-6-14-18(4)13(11)16-9(3)15-12/h6,8,10,19H,5,7H2,1-4H3,(H,15,16,17)/t10-/m0/s1. The minimum absolute atomic E-state index is 0.00212. The summed E-state index contributed by atoms with van der Waals surface area (Å²) in [6.45, 7) is 6.21. The Morgan fingerprint density at radius 1 is 1.37 bits per heavy atom. The van der Waals surface area contributed by atoms with Crippen molar-refractivity contribution in [2.75, 3.05) is 11.9 Å². The van der Waals surface area contributed by atoms with Crippen LogP contribution in [-0.4, -0.2) is 37.5 Å². The first-order valence-corrected chi connectivity index (χ1v) is 6.55.